The number of oxazole rings is 1. The summed E-state index contributed by atoms with van der Waals surface area (Å²) in [6.45, 7) is 0.187. The normalized spacial score (nSPS) is 10.6. The van der Waals surface area contributed by atoms with Gasteiger partial charge < -0.3 is 9.15 Å². The van der Waals surface area contributed by atoms with Gasteiger partial charge in [0.25, 0.3) is 0 Å². The first-order valence-electron chi connectivity index (χ1n) is 6.31. The van der Waals surface area contributed by atoms with Gasteiger partial charge in [-0.3, -0.25) is 0 Å². The summed E-state index contributed by atoms with van der Waals surface area (Å²) in [7, 11) is 0. The van der Waals surface area contributed by atoms with E-state index in [9.17, 15) is 0 Å². The van der Waals surface area contributed by atoms with Crippen LogP contribution in [0.15, 0.2) is 59.1 Å². The van der Waals surface area contributed by atoms with Crippen molar-refractivity contribution in [2.75, 3.05) is 0 Å². The Balaban J connectivity index is 1.72. The average molecular weight is 320 g/mol. The summed E-state index contributed by atoms with van der Waals surface area (Å²) in [5.74, 6) is 1.68. The molecule has 1 heterocycles. The standard InChI is InChI=1S/C16H11Cl2NO2/c17-12-7-4-8-13(16(12)18)20-10-15-19-9-14(21-15)11-5-2-1-3-6-11/h1-9H,10H2. The molecule has 3 rings (SSSR count). The molecule has 0 atom stereocenters. The first-order valence-corrected chi connectivity index (χ1v) is 7.06. The van der Waals surface area contributed by atoms with Crippen molar-refractivity contribution in [1.29, 1.82) is 0 Å². The first kappa shape index (κ1) is 14.0. The van der Waals surface area contributed by atoms with E-state index in [1.165, 1.54) is 0 Å². The van der Waals surface area contributed by atoms with Crippen molar-refractivity contribution >= 4 is 23.2 Å². The van der Waals surface area contributed by atoms with Gasteiger partial charge in [0.05, 0.1) is 11.2 Å². The fourth-order valence-electron chi connectivity index (χ4n) is 1.85. The SMILES string of the molecule is Clc1cccc(OCc2ncc(-c3ccccc3)o2)c1Cl. The molecule has 3 nitrogen and oxygen atoms in total. The summed E-state index contributed by atoms with van der Waals surface area (Å²) in [5, 5.41) is 0.834. The predicted octanol–water partition coefficient (Wildman–Crippen LogP) is 5.23. The topological polar surface area (TPSA) is 35.3 Å². The molecule has 5 heteroatoms. The smallest absolute Gasteiger partial charge is 0.232 e. The third-order valence-corrected chi connectivity index (χ3v) is 3.68. The number of nitrogens with zero attached hydrogens (tertiary/aromatic N) is 1. The van der Waals surface area contributed by atoms with Crippen molar-refractivity contribution in [3.8, 4) is 17.1 Å². The van der Waals surface area contributed by atoms with E-state index < -0.39 is 0 Å². The van der Waals surface area contributed by atoms with Crippen LogP contribution in [0.2, 0.25) is 10.0 Å². The largest absolute Gasteiger partial charge is 0.482 e. The minimum absolute atomic E-state index is 0.187. The molecule has 2 aromatic carbocycles. The van der Waals surface area contributed by atoms with Crippen LogP contribution in [0.4, 0.5) is 0 Å². The number of hydrogen-bond donors (Lipinski definition) is 0. The molecule has 0 amide bonds. The summed E-state index contributed by atoms with van der Waals surface area (Å²) in [4.78, 5) is 4.19. The monoisotopic (exact) mass is 319 g/mol. The number of benzene rings is 2. The minimum atomic E-state index is 0.187. The van der Waals surface area contributed by atoms with E-state index in [2.05, 4.69) is 4.98 Å². The van der Waals surface area contributed by atoms with Crippen LogP contribution in [0.5, 0.6) is 5.75 Å². The summed E-state index contributed by atoms with van der Waals surface area (Å²) >= 11 is 12.0. The highest BCUT2D eigenvalue weighted by molar-refractivity contribution is 6.42. The van der Waals surface area contributed by atoms with Gasteiger partial charge in [0.2, 0.25) is 5.89 Å². The molecular weight excluding hydrogens is 309 g/mol. The fraction of sp³-hybridized carbons (Fsp3) is 0.0625. The zero-order valence-electron chi connectivity index (χ0n) is 10.9. The Labute approximate surface area is 132 Å². The zero-order valence-corrected chi connectivity index (χ0v) is 12.4. The van der Waals surface area contributed by atoms with Crippen molar-refractivity contribution < 1.29 is 9.15 Å². The van der Waals surface area contributed by atoms with E-state index in [0.29, 0.717) is 27.4 Å². The molecule has 0 aliphatic rings. The highest BCUT2D eigenvalue weighted by atomic mass is 35.5. The van der Waals surface area contributed by atoms with Crippen molar-refractivity contribution in [3.63, 3.8) is 0 Å². The van der Waals surface area contributed by atoms with Crippen LogP contribution in [0, 0.1) is 0 Å². The van der Waals surface area contributed by atoms with Crippen LogP contribution in [0.1, 0.15) is 5.89 Å². The molecule has 0 N–H and O–H groups in total. The zero-order chi connectivity index (χ0) is 14.7. The van der Waals surface area contributed by atoms with Gasteiger partial charge in [-0.25, -0.2) is 4.98 Å². The van der Waals surface area contributed by atoms with Crippen LogP contribution >= 0.6 is 23.2 Å². The van der Waals surface area contributed by atoms with Gasteiger partial charge in [-0.15, -0.1) is 0 Å². The highest BCUT2D eigenvalue weighted by Gasteiger charge is 2.09. The van der Waals surface area contributed by atoms with Crippen LogP contribution in [-0.2, 0) is 6.61 Å². The Hall–Kier alpha value is -1.97. The quantitative estimate of drug-likeness (QED) is 0.660. The van der Waals surface area contributed by atoms with Crippen LogP contribution < -0.4 is 4.74 Å². The van der Waals surface area contributed by atoms with Gasteiger partial charge >= 0.3 is 0 Å². The van der Waals surface area contributed by atoms with Crippen molar-refractivity contribution in [2.24, 2.45) is 0 Å². The maximum absolute atomic E-state index is 6.05. The second-order valence-corrected chi connectivity index (χ2v) is 5.11. The van der Waals surface area contributed by atoms with Gasteiger partial charge in [-0.05, 0) is 12.1 Å². The average Bonchev–Trinajstić information content (AvgIpc) is 2.99. The molecular formula is C16H11Cl2NO2. The Morgan fingerprint density at radius 1 is 1.00 bits per heavy atom. The second kappa shape index (κ2) is 6.20. The molecule has 106 valence electrons. The molecule has 0 unspecified atom stereocenters. The van der Waals surface area contributed by atoms with Gasteiger partial charge in [-0.2, -0.15) is 0 Å². The molecule has 0 saturated heterocycles. The number of halogens is 2. The molecule has 0 bridgehead atoms. The maximum Gasteiger partial charge on any atom is 0.232 e. The third kappa shape index (κ3) is 3.20. The Morgan fingerprint density at radius 3 is 2.62 bits per heavy atom. The summed E-state index contributed by atoms with van der Waals surface area (Å²) in [5.41, 5.74) is 0.969. The fourth-order valence-corrected chi connectivity index (χ4v) is 2.19. The predicted molar refractivity (Wildman–Crippen MR) is 82.7 cm³/mol. The lowest BCUT2D eigenvalue weighted by molar-refractivity contribution is 0.265. The second-order valence-electron chi connectivity index (χ2n) is 4.32. The third-order valence-electron chi connectivity index (χ3n) is 2.88. The molecule has 21 heavy (non-hydrogen) atoms. The van der Waals surface area contributed by atoms with E-state index in [4.69, 9.17) is 32.4 Å². The van der Waals surface area contributed by atoms with E-state index >= 15 is 0 Å². The van der Waals surface area contributed by atoms with Gasteiger partial charge in [0, 0.05) is 5.56 Å². The highest BCUT2D eigenvalue weighted by Crippen LogP contribution is 2.32. The van der Waals surface area contributed by atoms with Crippen molar-refractivity contribution in [1.82, 2.24) is 4.98 Å². The number of aromatic nitrogens is 1. The number of rotatable bonds is 4. The van der Waals surface area contributed by atoms with E-state index in [1.54, 1.807) is 24.4 Å². The van der Waals surface area contributed by atoms with Crippen LogP contribution in [0.25, 0.3) is 11.3 Å². The summed E-state index contributed by atoms with van der Waals surface area (Å²) in [6.07, 6.45) is 1.67. The first-order chi connectivity index (χ1) is 10.2. The van der Waals surface area contributed by atoms with Crippen LogP contribution in [-0.4, -0.2) is 4.98 Å². The van der Waals surface area contributed by atoms with Gasteiger partial charge in [0.15, 0.2) is 12.4 Å². The molecule has 1 aromatic heterocycles. The van der Waals surface area contributed by atoms with E-state index in [0.717, 1.165) is 5.56 Å². The van der Waals surface area contributed by atoms with Crippen LogP contribution in [0.3, 0.4) is 0 Å². The lowest BCUT2D eigenvalue weighted by Crippen LogP contribution is -1.96. The molecule has 0 spiro atoms. The van der Waals surface area contributed by atoms with E-state index in [1.807, 2.05) is 30.3 Å². The number of ether oxygens (including phenoxy) is 1. The molecule has 0 radical (unpaired) electrons. The summed E-state index contributed by atoms with van der Waals surface area (Å²) in [6, 6.07) is 15.0. The molecule has 3 aromatic rings. The molecule has 0 aliphatic carbocycles. The Bertz CT molecular complexity index is 741. The molecule has 0 saturated carbocycles. The summed E-state index contributed by atoms with van der Waals surface area (Å²) < 4.78 is 11.2. The Morgan fingerprint density at radius 2 is 1.81 bits per heavy atom. The molecule has 0 aliphatic heterocycles. The van der Waals surface area contributed by atoms with E-state index in [-0.39, 0.29) is 6.61 Å². The Kier molecular flexibility index (Phi) is 4.13. The number of hydrogen-bond acceptors (Lipinski definition) is 3. The maximum atomic E-state index is 6.05. The minimum Gasteiger partial charge on any atom is -0.482 e. The molecule has 0 fully saturated rings. The van der Waals surface area contributed by atoms with Gasteiger partial charge in [-0.1, -0.05) is 59.6 Å². The van der Waals surface area contributed by atoms with Crippen molar-refractivity contribution in [2.45, 2.75) is 6.61 Å². The lowest BCUT2D eigenvalue weighted by Gasteiger charge is -2.06. The van der Waals surface area contributed by atoms with Crippen molar-refractivity contribution in [3.05, 3.63) is 70.7 Å². The lowest BCUT2D eigenvalue weighted by atomic mass is 10.2. The van der Waals surface area contributed by atoms with Gasteiger partial charge in [0.1, 0.15) is 10.8 Å².